The second kappa shape index (κ2) is 10.6. The number of rotatable bonds is 9. The first-order valence-corrected chi connectivity index (χ1v) is 12.1. The molecule has 0 aliphatic rings. The molecule has 2 aromatic rings. The summed E-state index contributed by atoms with van der Waals surface area (Å²) in [5, 5.41) is 2.90. The van der Waals surface area contributed by atoms with Gasteiger partial charge < -0.3 is 10.1 Å². The summed E-state index contributed by atoms with van der Waals surface area (Å²) in [7, 11) is -3.49. The summed E-state index contributed by atoms with van der Waals surface area (Å²) in [6.45, 7) is 6.01. The average Bonchev–Trinajstić information content (AvgIpc) is 2.68. The minimum Gasteiger partial charge on any atom is -0.462 e. The van der Waals surface area contributed by atoms with Crippen LogP contribution in [0, 0.1) is 13.8 Å². The zero-order valence-electron chi connectivity index (χ0n) is 18.1. The molecule has 168 valence electrons. The van der Waals surface area contributed by atoms with Crippen LogP contribution < -0.4 is 9.62 Å². The number of nitrogens with one attached hydrogen (secondary N) is 1. The molecule has 0 aliphatic carbocycles. The molecule has 7 nitrogen and oxygen atoms in total. The van der Waals surface area contributed by atoms with Crippen molar-refractivity contribution in [1.82, 2.24) is 0 Å². The first-order valence-electron chi connectivity index (χ1n) is 9.84. The van der Waals surface area contributed by atoms with Gasteiger partial charge in [0, 0.05) is 13.0 Å². The summed E-state index contributed by atoms with van der Waals surface area (Å²) in [6.07, 6.45) is 1.57. The quantitative estimate of drug-likeness (QED) is 0.555. The van der Waals surface area contributed by atoms with Crippen LogP contribution in [0.25, 0.3) is 0 Å². The van der Waals surface area contributed by atoms with Gasteiger partial charge in [0.25, 0.3) is 0 Å². The molecule has 0 heterocycles. The summed E-state index contributed by atoms with van der Waals surface area (Å²) in [5.74, 6) is -0.797. The summed E-state index contributed by atoms with van der Waals surface area (Å²) in [5.41, 5.74) is 3.30. The topological polar surface area (TPSA) is 92.8 Å². The average molecular weight is 467 g/mol. The molecule has 0 saturated heterocycles. The molecule has 0 radical (unpaired) electrons. The maximum absolute atomic E-state index is 12.3. The SMILES string of the molecule is CCOC(=O)c1ccc(NC(=O)CCCN(c2ccc(C)c(C)c2)S(C)(=O)=O)c(Cl)c1. The van der Waals surface area contributed by atoms with Gasteiger partial charge in [-0.1, -0.05) is 17.7 Å². The van der Waals surface area contributed by atoms with Gasteiger partial charge in [-0.15, -0.1) is 0 Å². The molecule has 0 aromatic heterocycles. The minimum atomic E-state index is -3.49. The number of ether oxygens (including phenoxy) is 1. The van der Waals surface area contributed by atoms with Crippen molar-refractivity contribution in [2.24, 2.45) is 0 Å². The van der Waals surface area contributed by atoms with E-state index in [0.29, 0.717) is 23.4 Å². The number of nitrogens with zero attached hydrogens (tertiary/aromatic N) is 1. The number of hydrogen-bond donors (Lipinski definition) is 1. The maximum Gasteiger partial charge on any atom is 0.338 e. The van der Waals surface area contributed by atoms with Gasteiger partial charge >= 0.3 is 5.97 Å². The van der Waals surface area contributed by atoms with Crippen molar-refractivity contribution in [3.8, 4) is 0 Å². The number of carbonyl (C=O) groups is 2. The highest BCUT2D eigenvalue weighted by atomic mass is 35.5. The molecule has 0 unspecified atom stereocenters. The summed E-state index contributed by atoms with van der Waals surface area (Å²) in [6, 6.07) is 9.93. The number of anilines is 2. The lowest BCUT2D eigenvalue weighted by atomic mass is 10.1. The van der Waals surface area contributed by atoms with Crippen LogP contribution in [0.15, 0.2) is 36.4 Å². The first kappa shape index (κ1) is 24.7. The molecule has 2 aromatic carbocycles. The number of halogens is 1. The van der Waals surface area contributed by atoms with E-state index < -0.39 is 16.0 Å². The van der Waals surface area contributed by atoms with Gasteiger partial charge in [-0.05, 0) is 68.7 Å². The van der Waals surface area contributed by atoms with Gasteiger partial charge in [0.15, 0.2) is 0 Å². The number of hydrogen-bond acceptors (Lipinski definition) is 5. The predicted molar refractivity (Wildman–Crippen MR) is 123 cm³/mol. The standard InChI is InChI=1S/C22H27ClN2O5S/c1-5-30-22(27)17-9-11-20(19(23)14-17)24-21(26)7-6-12-25(31(4,28)29)18-10-8-15(2)16(3)13-18/h8-11,13-14H,5-7,12H2,1-4H3,(H,24,26). The third kappa shape index (κ3) is 6.97. The smallest absolute Gasteiger partial charge is 0.338 e. The Morgan fingerprint density at radius 3 is 2.39 bits per heavy atom. The van der Waals surface area contributed by atoms with E-state index in [1.54, 1.807) is 13.0 Å². The molecule has 2 rings (SSSR count). The molecular weight excluding hydrogens is 440 g/mol. The fraction of sp³-hybridized carbons (Fsp3) is 0.364. The van der Waals surface area contributed by atoms with Crippen molar-refractivity contribution < 1.29 is 22.7 Å². The Morgan fingerprint density at radius 1 is 1.10 bits per heavy atom. The monoisotopic (exact) mass is 466 g/mol. The number of benzene rings is 2. The van der Waals surface area contributed by atoms with E-state index in [-0.39, 0.29) is 30.5 Å². The van der Waals surface area contributed by atoms with Gasteiger partial charge in [0.1, 0.15) is 0 Å². The lowest BCUT2D eigenvalue weighted by Gasteiger charge is -2.23. The van der Waals surface area contributed by atoms with E-state index in [2.05, 4.69) is 5.32 Å². The predicted octanol–water partition coefficient (Wildman–Crippen LogP) is 4.32. The fourth-order valence-electron chi connectivity index (χ4n) is 2.92. The Labute approximate surface area is 188 Å². The first-order chi connectivity index (χ1) is 14.5. The Kier molecular flexibility index (Phi) is 8.47. The van der Waals surface area contributed by atoms with Crippen molar-refractivity contribution in [2.45, 2.75) is 33.6 Å². The van der Waals surface area contributed by atoms with Crippen molar-refractivity contribution in [1.29, 1.82) is 0 Å². The summed E-state index contributed by atoms with van der Waals surface area (Å²) >= 11 is 6.16. The second-order valence-corrected chi connectivity index (χ2v) is 9.48. The van der Waals surface area contributed by atoms with E-state index in [1.807, 2.05) is 26.0 Å². The van der Waals surface area contributed by atoms with E-state index in [0.717, 1.165) is 17.4 Å². The molecule has 9 heteroatoms. The zero-order valence-corrected chi connectivity index (χ0v) is 19.6. The molecule has 0 bridgehead atoms. The molecule has 0 fully saturated rings. The van der Waals surface area contributed by atoms with Gasteiger partial charge in [-0.2, -0.15) is 0 Å². The number of sulfonamides is 1. The lowest BCUT2D eigenvalue weighted by molar-refractivity contribution is -0.116. The van der Waals surface area contributed by atoms with Gasteiger partial charge in [0.2, 0.25) is 15.9 Å². The normalized spacial score (nSPS) is 11.1. The molecule has 31 heavy (non-hydrogen) atoms. The van der Waals surface area contributed by atoms with Crippen LogP contribution in [0.5, 0.6) is 0 Å². The van der Waals surface area contributed by atoms with E-state index >= 15 is 0 Å². The maximum atomic E-state index is 12.3. The van der Waals surface area contributed by atoms with Gasteiger partial charge in [-0.3, -0.25) is 9.10 Å². The van der Waals surface area contributed by atoms with E-state index in [1.165, 1.54) is 22.5 Å². The third-order valence-corrected chi connectivity index (χ3v) is 6.20. The zero-order chi connectivity index (χ0) is 23.2. The molecule has 0 spiro atoms. The fourth-order valence-corrected chi connectivity index (χ4v) is 4.11. The van der Waals surface area contributed by atoms with Gasteiger partial charge in [0.05, 0.1) is 34.8 Å². The lowest BCUT2D eigenvalue weighted by Crippen LogP contribution is -2.31. The minimum absolute atomic E-state index is 0.104. The Morgan fingerprint density at radius 2 is 1.81 bits per heavy atom. The van der Waals surface area contributed by atoms with Crippen LogP contribution in [0.3, 0.4) is 0 Å². The van der Waals surface area contributed by atoms with Crippen LogP contribution in [0.4, 0.5) is 11.4 Å². The number of carbonyl (C=O) groups excluding carboxylic acids is 2. The highest BCUT2D eigenvalue weighted by Gasteiger charge is 2.18. The molecule has 0 saturated carbocycles. The largest absolute Gasteiger partial charge is 0.462 e. The van der Waals surface area contributed by atoms with Crippen molar-refractivity contribution in [3.05, 3.63) is 58.1 Å². The highest BCUT2D eigenvalue weighted by molar-refractivity contribution is 7.92. The number of amides is 1. The second-order valence-electron chi connectivity index (χ2n) is 7.17. The van der Waals surface area contributed by atoms with Gasteiger partial charge in [-0.25, -0.2) is 13.2 Å². The van der Waals surface area contributed by atoms with Crippen LogP contribution in [0.2, 0.25) is 5.02 Å². The van der Waals surface area contributed by atoms with Crippen molar-refractivity contribution >= 4 is 44.9 Å². The highest BCUT2D eigenvalue weighted by Crippen LogP contribution is 2.24. The van der Waals surface area contributed by atoms with E-state index in [9.17, 15) is 18.0 Å². The van der Waals surface area contributed by atoms with E-state index in [4.69, 9.17) is 16.3 Å². The van der Waals surface area contributed by atoms with Crippen molar-refractivity contribution in [2.75, 3.05) is 29.0 Å². The Bertz CT molecular complexity index is 1070. The third-order valence-electron chi connectivity index (χ3n) is 4.70. The summed E-state index contributed by atoms with van der Waals surface area (Å²) < 4.78 is 30.7. The molecule has 1 N–H and O–H groups in total. The Hall–Kier alpha value is -2.58. The van der Waals surface area contributed by atoms with Crippen LogP contribution >= 0.6 is 11.6 Å². The molecule has 0 aliphatic heterocycles. The number of aryl methyl sites for hydroxylation is 2. The van der Waals surface area contributed by atoms with Crippen LogP contribution in [0.1, 0.15) is 41.3 Å². The summed E-state index contributed by atoms with van der Waals surface area (Å²) in [4.78, 5) is 24.1. The number of esters is 1. The Balaban J connectivity index is 1.99. The van der Waals surface area contributed by atoms with Crippen LogP contribution in [-0.4, -0.2) is 39.7 Å². The molecule has 0 atom stereocenters. The van der Waals surface area contributed by atoms with Crippen molar-refractivity contribution in [3.63, 3.8) is 0 Å². The molecular formula is C22H27ClN2O5S. The van der Waals surface area contributed by atoms with Crippen LogP contribution in [-0.2, 0) is 19.6 Å². The molecule has 1 amide bonds.